The highest BCUT2D eigenvalue weighted by Gasteiger charge is 2.45. The van der Waals surface area contributed by atoms with Crippen LogP contribution in [0.3, 0.4) is 0 Å². The van der Waals surface area contributed by atoms with Gasteiger partial charge in [0, 0.05) is 12.8 Å². The van der Waals surface area contributed by atoms with Crippen molar-refractivity contribution in [3.63, 3.8) is 0 Å². The number of carbonyl (C=O) groups excluding carboxylic acids is 2. The number of carbonyl (C=O) groups is 3. The van der Waals surface area contributed by atoms with Gasteiger partial charge in [-0.3, -0.25) is 14.5 Å². The average Bonchev–Trinajstić information content (AvgIpc) is 2.35. The van der Waals surface area contributed by atoms with Crippen molar-refractivity contribution in [2.24, 2.45) is 0 Å². The minimum absolute atomic E-state index is 0.130. The topological polar surface area (TPSA) is 74.7 Å². The molecule has 1 fully saturated rings. The molecule has 0 aromatic rings. The number of carboxylic acid groups (broad SMARTS) is 1. The number of hydrogen-bond acceptors (Lipinski definition) is 3. The van der Waals surface area contributed by atoms with Crippen LogP contribution in [0.1, 0.15) is 12.8 Å². The summed E-state index contributed by atoms with van der Waals surface area (Å²) in [7, 11) is 0. The van der Waals surface area contributed by atoms with E-state index in [2.05, 4.69) is 0 Å². The van der Waals surface area contributed by atoms with Gasteiger partial charge in [-0.25, -0.2) is 4.79 Å². The third-order valence-corrected chi connectivity index (χ3v) is 1.82. The Kier molecular flexibility index (Phi) is 2.50. The Hall–Kier alpha value is -1.53. The number of carboxylic acids is 1. The van der Waals surface area contributed by atoms with Crippen molar-refractivity contribution in [2.75, 3.05) is 6.54 Å². The second-order valence-electron chi connectivity index (χ2n) is 2.88. The summed E-state index contributed by atoms with van der Waals surface area (Å²) in [6.45, 7) is -1.38. The molecule has 78 valence electrons. The van der Waals surface area contributed by atoms with Gasteiger partial charge in [0.1, 0.15) is 6.54 Å². The quantitative estimate of drug-likeness (QED) is 0.653. The number of aliphatic carboxylic acids is 1. The Morgan fingerprint density at radius 3 is 2.14 bits per heavy atom. The second kappa shape index (κ2) is 3.32. The van der Waals surface area contributed by atoms with Gasteiger partial charge < -0.3 is 5.11 Å². The Labute approximate surface area is 77.3 Å². The first-order chi connectivity index (χ1) is 6.34. The largest absolute Gasteiger partial charge is 0.477 e. The van der Waals surface area contributed by atoms with Crippen LogP contribution >= 0.6 is 0 Å². The molecule has 0 aliphatic carbocycles. The van der Waals surface area contributed by atoms with Crippen molar-refractivity contribution >= 4 is 17.8 Å². The van der Waals surface area contributed by atoms with E-state index in [1.165, 1.54) is 0 Å². The molecular formula is C7H7F2NO4. The molecule has 0 bridgehead atoms. The molecule has 14 heavy (non-hydrogen) atoms. The number of likely N-dealkylation sites (tertiary alicyclic amines) is 1. The average molecular weight is 207 g/mol. The molecule has 0 saturated carbocycles. The molecule has 0 aromatic carbocycles. The van der Waals surface area contributed by atoms with Crippen LogP contribution in [-0.4, -0.2) is 40.3 Å². The van der Waals surface area contributed by atoms with Crippen LogP contribution in [0.5, 0.6) is 0 Å². The molecular weight excluding hydrogens is 200 g/mol. The van der Waals surface area contributed by atoms with Crippen molar-refractivity contribution in [1.29, 1.82) is 0 Å². The van der Waals surface area contributed by atoms with Gasteiger partial charge in [-0.05, 0) is 0 Å². The summed E-state index contributed by atoms with van der Waals surface area (Å²) in [5.74, 6) is -7.92. The summed E-state index contributed by atoms with van der Waals surface area (Å²) in [5, 5.41) is 8.07. The van der Waals surface area contributed by atoms with Crippen LogP contribution < -0.4 is 0 Å². The third kappa shape index (κ3) is 1.86. The normalized spacial score (nSPS) is 17.7. The Morgan fingerprint density at radius 1 is 1.36 bits per heavy atom. The zero-order valence-corrected chi connectivity index (χ0v) is 7.00. The van der Waals surface area contributed by atoms with Crippen LogP contribution in [-0.2, 0) is 14.4 Å². The molecule has 5 nitrogen and oxygen atoms in total. The summed E-state index contributed by atoms with van der Waals surface area (Å²) in [6.07, 6.45) is -0.261. The van der Waals surface area contributed by atoms with Crippen molar-refractivity contribution in [3.05, 3.63) is 0 Å². The van der Waals surface area contributed by atoms with E-state index in [0.29, 0.717) is 0 Å². The first-order valence-corrected chi connectivity index (χ1v) is 3.79. The SMILES string of the molecule is O=C1CCC(=O)N1CC(F)(F)C(=O)O. The number of halogens is 2. The molecule has 1 heterocycles. The van der Waals surface area contributed by atoms with Crippen LogP contribution in [0.2, 0.25) is 0 Å². The van der Waals surface area contributed by atoms with E-state index in [1.54, 1.807) is 0 Å². The van der Waals surface area contributed by atoms with E-state index >= 15 is 0 Å². The molecule has 0 radical (unpaired) electrons. The molecule has 0 unspecified atom stereocenters. The second-order valence-corrected chi connectivity index (χ2v) is 2.88. The smallest absolute Gasteiger partial charge is 0.376 e. The first-order valence-electron chi connectivity index (χ1n) is 3.79. The predicted molar refractivity (Wildman–Crippen MR) is 38.5 cm³/mol. The molecule has 1 aliphatic heterocycles. The fraction of sp³-hybridized carbons (Fsp3) is 0.571. The standard InChI is InChI=1S/C7H7F2NO4/c8-7(9,6(13)14)3-10-4(11)1-2-5(10)12/h1-3H2,(H,13,14). The Balaban J connectivity index is 2.73. The monoisotopic (exact) mass is 207 g/mol. The molecule has 1 aliphatic rings. The lowest BCUT2D eigenvalue weighted by molar-refractivity contribution is -0.169. The van der Waals surface area contributed by atoms with Gasteiger partial charge in [0.15, 0.2) is 0 Å². The highest BCUT2D eigenvalue weighted by atomic mass is 19.3. The molecule has 0 aromatic heterocycles. The zero-order valence-electron chi connectivity index (χ0n) is 7.00. The van der Waals surface area contributed by atoms with E-state index in [9.17, 15) is 23.2 Å². The third-order valence-electron chi connectivity index (χ3n) is 1.82. The maximum atomic E-state index is 12.6. The van der Waals surface area contributed by atoms with E-state index in [4.69, 9.17) is 5.11 Å². The molecule has 1 saturated heterocycles. The number of imide groups is 1. The first kappa shape index (κ1) is 10.6. The number of rotatable bonds is 3. The molecule has 2 amide bonds. The summed E-state index contributed by atoms with van der Waals surface area (Å²) < 4.78 is 25.2. The van der Waals surface area contributed by atoms with Crippen molar-refractivity contribution < 1.29 is 28.3 Å². The number of alkyl halides is 2. The molecule has 1 rings (SSSR count). The molecule has 0 spiro atoms. The Bertz CT molecular complexity index is 286. The van der Waals surface area contributed by atoms with E-state index < -0.39 is 30.3 Å². The molecule has 0 atom stereocenters. The maximum Gasteiger partial charge on any atom is 0.376 e. The molecule has 7 heteroatoms. The zero-order chi connectivity index (χ0) is 10.9. The van der Waals surface area contributed by atoms with E-state index in [0.717, 1.165) is 0 Å². The van der Waals surface area contributed by atoms with Gasteiger partial charge in [0.2, 0.25) is 11.8 Å². The van der Waals surface area contributed by atoms with E-state index in [-0.39, 0.29) is 17.7 Å². The van der Waals surface area contributed by atoms with Crippen molar-refractivity contribution in [2.45, 2.75) is 18.8 Å². The minimum Gasteiger partial charge on any atom is -0.477 e. The highest BCUT2D eigenvalue weighted by molar-refractivity contribution is 6.02. The van der Waals surface area contributed by atoms with Gasteiger partial charge in [-0.1, -0.05) is 0 Å². The summed E-state index contributed by atoms with van der Waals surface area (Å²) >= 11 is 0. The van der Waals surface area contributed by atoms with Gasteiger partial charge >= 0.3 is 11.9 Å². The Morgan fingerprint density at radius 2 is 1.79 bits per heavy atom. The minimum atomic E-state index is -4.07. The van der Waals surface area contributed by atoms with Gasteiger partial charge in [-0.2, -0.15) is 8.78 Å². The van der Waals surface area contributed by atoms with Gasteiger partial charge in [0.25, 0.3) is 0 Å². The lowest BCUT2D eigenvalue weighted by atomic mass is 10.3. The highest BCUT2D eigenvalue weighted by Crippen LogP contribution is 2.20. The number of hydrogen-bond donors (Lipinski definition) is 1. The van der Waals surface area contributed by atoms with Gasteiger partial charge in [0.05, 0.1) is 0 Å². The van der Waals surface area contributed by atoms with Crippen molar-refractivity contribution in [1.82, 2.24) is 4.90 Å². The van der Waals surface area contributed by atoms with Crippen LogP contribution in [0.15, 0.2) is 0 Å². The van der Waals surface area contributed by atoms with Crippen LogP contribution in [0.4, 0.5) is 8.78 Å². The number of amides is 2. The van der Waals surface area contributed by atoms with Gasteiger partial charge in [-0.15, -0.1) is 0 Å². The lowest BCUT2D eigenvalue weighted by Gasteiger charge is -2.18. The summed E-state index contributed by atoms with van der Waals surface area (Å²) in [5.41, 5.74) is 0. The van der Waals surface area contributed by atoms with Crippen molar-refractivity contribution in [3.8, 4) is 0 Å². The predicted octanol–water partition coefficient (Wildman–Crippen LogP) is -0.145. The lowest BCUT2D eigenvalue weighted by Crippen LogP contribution is -2.44. The van der Waals surface area contributed by atoms with Crippen LogP contribution in [0.25, 0.3) is 0 Å². The fourth-order valence-electron chi connectivity index (χ4n) is 1.07. The summed E-state index contributed by atoms with van der Waals surface area (Å²) in [6, 6.07) is 0. The maximum absolute atomic E-state index is 12.6. The number of nitrogens with zero attached hydrogens (tertiary/aromatic N) is 1. The summed E-state index contributed by atoms with van der Waals surface area (Å²) in [4.78, 5) is 32.0. The molecule has 1 N–H and O–H groups in total. The van der Waals surface area contributed by atoms with Crippen LogP contribution in [0, 0.1) is 0 Å². The fourth-order valence-corrected chi connectivity index (χ4v) is 1.07. The van der Waals surface area contributed by atoms with E-state index in [1.807, 2.05) is 0 Å².